The maximum absolute atomic E-state index is 5.93. The predicted octanol–water partition coefficient (Wildman–Crippen LogP) is 9.49. The molecule has 2 aromatic rings. The molecule has 0 saturated heterocycles. The van der Waals surface area contributed by atoms with Crippen LogP contribution >= 0.6 is 11.3 Å². The third kappa shape index (κ3) is 10.9. The van der Waals surface area contributed by atoms with Crippen molar-refractivity contribution in [2.75, 3.05) is 13.2 Å². The zero-order valence-corrected chi connectivity index (χ0v) is 23.1. The summed E-state index contributed by atoms with van der Waals surface area (Å²) in [4.78, 5) is 0. The summed E-state index contributed by atoms with van der Waals surface area (Å²) in [5, 5.41) is 10.2. The van der Waals surface area contributed by atoms with Crippen molar-refractivity contribution in [1.82, 2.24) is 10.2 Å². The number of nitrogens with zero attached hydrogens (tertiary/aromatic N) is 2. The minimum atomic E-state index is 0.683. The quantitative estimate of drug-likeness (QED) is 0.191. The van der Waals surface area contributed by atoms with Gasteiger partial charge in [-0.25, -0.2) is 0 Å². The van der Waals surface area contributed by atoms with Crippen LogP contribution in [0.2, 0.25) is 0 Å². The molecule has 0 amide bonds. The number of unbranched alkanes of at least 4 members (excludes halogenated alkanes) is 7. The van der Waals surface area contributed by atoms with E-state index in [9.17, 15) is 0 Å². The third-order valence-corrected chi connectivity index (χ3v) is 8.32. The molecule has 0 N–H and O–H groups in total. The minimum absolute atomic E-state index is 0.683. The molecule has 1 fully saturated rings. The van der Waals surface area contributed by atoms with Crippen LogP contribution in [0.15, 0.2) is 24.3 Å². The predicted molar refractivity (Wildman–Crippen MR) is 149 cm³/mol. The molecule has 0 atom stereocenters. The highest BCUT2D eigenvalue weighted by atomic mass is 32.1. The molecule has 1 heterocycles. The second kappa shape index (κ2) is 16.9. The Morgan fingerprint density at radius 3 is 2.00 bits per heavy atom. The van der Waals surface area contributed by atoms with E-state index in [1.807, 2.05) is 12.1 Å². The van der Waals surface area contributed by atoms with E-state index in [0.717, 1.165) is 54.2 Å². The van der Waals surface area contributed by atoms with Gasteiger partial charge < -0.3 is 9.47 Å². The van der Waals surface area contributed by atoms with Gasteiger partial charge in [-0.1, -0.05) is 114 Å². The summed E-state index contributed by atoms with van der Waals surface area (Å²) in [6.45, 7) is 6.09. The summed E-state index contributed by atoms with van der Waals surface area (Å²) < 4.78 is 11.8. The van der Waals surface area contributed by atoms with Gasteiger partial charge in [0, 0.05) is 5.56 Å². The van der Waals surface area contributed by atoms with Crippen LogP contribution in [0.5, 0.6) is 10.9 Å². The second-order valence-corrected chi connectivity index (χ2v) is 11.3. The first-order chi connectivity index (χ1) is 17.3. The van der Waals surface area contributed by atoms with Crippen LogP contribution in [0.1, 0.15) is 117 Å². The molecule has 0 spiro atoms. The molecular weight excluding hydrogens is 452 g/mol. The Balaban J connectivity index is 1.28. The van der Waals surface area contributed by atoms with Gasteiger partial charge in [-0.05, 0) is 55.4 Å². The molecule has 35 heavy (non-hydrogen) atoms. The molecule has 1 aliphatic rings. The van der Waals surface area contributed by atoms with Crippen molar-refractivity contribution in [3.63, 3.8) is 0 Å². The van der Waals surface area contributed by atoms with Crippen molar-refractivity contribution in [3.8, 4) is 21.5 Å². The number of hydrogen-bond acceptors (Lipinski definition) is 5. The second-order valence-electron chi connectivity index (χ2n) is 10.4. The molecule has 0 unspecified atom stereocenters. The van der Waals surface area contributed by atoms with E-state index in [4.69, 9.17) is 9.47 Å². The molecule has 5 heteroatoms. The first-order valence-corrected chi connectivity index (χ1v) is 15.3. The van der Waals surface area contributed by atoms with Crippen LogP contribution in [0, 0.1) is 11.8 Å². The van der Waals surface area contributed by atoms with Crippen LogP contribution in [0.4, 0.5) is 0 Å². The highest BCUT2D eigenvalue weighted by molar-refractivity contribution is 7.16. The summed E-state index contributed by atoms with van der Waals surface area (Å²) in [7, 11) is 0. The van der Waals surface area contributed by atoms with Gasteiger partial charge in [0.1, 0.15) is 5.75 Å². The molecular formula is C30H48N2O2S. The lowest BCUT2D eigenvalue weighted by Crippen LogP contribution is -2.15. The van der Waals surface area contributed by atoms with Crippen molar-refractivity contribution < 1.29 is 9.47 Å². The average molecular weight is 501 g/mol. The largest absolute Gasteiger partial charge is 0.494 e. The van der Waals surface area contributed by atoms with Gasteiger partial charge in [-0.15, -0.1) is 5.10 Å². The highest BCUT2D eigenvalue weighted by Gasteiger charge is 2.20. The van der Waals surface area contributed by atoms with Crippen molar-refractivity contribution >= 4 is 11.3 Å². The van der Waals surface area contributed by atoms with E-state index in [0.29, 0.717) is 5.19 Å². The molecule has 3 rings (SSSR count). The van der Waals surface area contributed by atoms with E-state index in [1.54, 1.807) is 0 Å². The van der Waals surface area contributed by atoms with Gasteiger partial charge in [0.25, 0.3) is 5.19 Å². The smallest absolute Gasteiger partial charge is 0.294 e. The minimum Gasteiger partial charge on any atom is -0.494 e. The SMILES string of the molecule is CCCCCCCCOc1ccc(-c2nnc(OCCC[C@H]3CC[C@H](CCCCC)CC3)s2)cc1. The number of ether oxygens (including phenoxy) is 2. The fraction of sp³-hybridized carbons (Fsp3) is 0.733. The molecule has 0 aliphatic heterocycles. The van der Waals surface area contributed by atoms with Crippen molar-refractivity contribution in [2.24, 2.45) is 11.8 Å². The average Bonchev–Trinajstić information content (AvgIpc) is 3.36. The number of benzene rings is 1. The van der Waals surface area contributed by atoms with Gasteiger partial charge >= 0.3 is 0 Å². The van der Waals surface area contributed by atoms with Crippen LogP contribution in [0.3, 0.4) is 0 Å². The van der Waals surface area contributed by atoms with Gasteiger partial charge in [0.05, 0.1) is 13.2 Å². The lowest BCUT2D eigenvalue weighted by molar-refractivity contribution is 0.227. The maximum Gasteiger partial charge on any atom is 0.294 e. The molecule has 1 saturated carbocycles. The molecule has 4 nitrogen and oxygen atoms in total. The van der Waals surface area contributed by atoms with E-state index in [-0.39, 0.29) is 0 Å². The summed E-state index contributed by atoms with van der Waals surface area (Å²) in [6, 6.07) is 8.21. The van der Waals surface area contributed by atoms with Gasteiger partial charge in [-0.2, -0.15) is 0 Å². The summed E-state index contributed by atoms with van der Waals surface area (Å²) in [6.07, 6.45) is 21.4. The van der Waals surface area contributed by atoms with E-state index < -0.39 is 0 Å². The van der Waals surface area contributed by atoms with Gasteiger partial charge in [0.2, 0.25) is 0 Å². The van der Waals surface area contributed by atoms with Crippen LogP contribution in [-0.2, 0) is 0 Å². The van der Waals surface area contributed by atoms with Crippen LogP contribution in [0.25, 0.3) is 10.6 Å². The molecule has 1 aliphatic carbocycles. The summed E-state index contributed by atoms with van der Waals surface area (Å²) in [5.74, 6) is 2.82. The number of rotatable bonds is 18. The molecule has 0 bridgehead atoms. The monoisotopic (exact) mass is 500 g/mol. The fourth-order valence-corrected chi connectivity index (χ4v) is 5.90. The Kier molecular flexibility index (Phi) is 13.5. The summed E-state index contributed by atoms with van der Waals surface area (Å²) >= 11 is 1.53. The first-order valence-electron chi connectivity index (χ1n) is 14.5. The molecule has 1 aromatic heterocycles. The van der Waals surface area contributed by atoms with Crippen molar-refractivity contribution in [3.05, 3.63) is 24.3 Å². The van der Waals surface area contributed by atoms with E-state index >= 15 is 0 Å². The zero-order chi connectivity index (χ0) is 24.6. The van der Waals surface area contributed by atoms with Gasteiger partial charge in [0.15, 0.2) is 5.01 Å². The zero-order valence-electron chi connectivity index (χ0n) is 22.3. The van der Waals surface area contributed by atoms with E-state index in [2.05, 4.69) is 36.2 Å². The first kappa shape index (κ1) is 28.0. The van der Waals surface area contributed by atoms with E-state index in [1.165, 1.54) is 101 Å². The molecule has 196 valence electrons. The standard InChI is InChI=1S/C30H48N2O2S/c1-3-5-7-8-9-11-23-33-28-21-19-27(20-22-28)29-31-32-30(35-29)34-24-12-14-26-17-15-25(16-18-26)13-10-6-4-2/h19-22,25-26H,3-18,23-24H2,1-2H3/t25-,26-. The lowest BCUT2D eigenvalue weighted by Gasteiger charge is -2.28. The Hall–Kier alpha value is -1.62. The summed E-state index contributed by atoms with van der Waals surface area (Å²) in [5.41, 5.74) is 1.07. The van der Waals surface area contributed by atoms with Crippen molar-refractivity contribution in [2.45, 2.75) is 117 Å². The van der Waals surface area contributed by atoms with Gasteiger partial charge in [-0.3, -0.25) is 0 Å². The fourth-order valence-electron chi connectivity index (χ4n) is 5.17. The normalized spacial score (nSPS) is 18.0. The Morgan fingerprint density at radius 1 is 0.686 bits per heavy atom. The number of hydrogen-bond donors (Lipinski definition) is 0. The van der Waals surface area contributed by atoms with Crippen LogP contribution in [-0.4, -0.2) is 23.4 Å². The van der Waals surface area contributed by atoms with Crippen molar-refractivity contribution in [1.29, 1.82) is 0 Å². The topological polar surface area (TPSA) is 44.2 Å². The third-order valence-electron chi connectivity index (χ3n) is 7.44. The Labute approximate surface area is 218 Å². The maximum atomic E-state index is 5.93. The highest BCUT2D eigenvalue weighted by Crippen LogP contribution is 2.34. The molecule has 0 radical (unpaired) electrons. The molecule has 1 aromatic carbocycles. The van der Waals surface area contributed by atoms with Crippen LogP contribution < -0.4 is 9.47 Å². The Morgan fingerprint density at radius 2 is 1.29 bits per heavy atom. The lowest BCUT2D eigenvalue weighted by atomic mass is 9.78. The number of aromatic nitrogens is 2. The Bertz CT molecular complexity index is 784.